The van der Waals surface area contributed by atoms with Crippen molar-refractivity contribution in [3.05, 3.63) is 12.1 Å². The Hall–Kier alpha value is -2.42. The van der Waals surface area contributed by atoms with Gasteiger partial charge in [-0.2, -0.15) is 0 Å². The first-order valence-corrected chi connectivity index (χ1v) is 11.1. The van der Waals surface area contributed by atoms with Crippen LogP contribution in [0.5, 0.6) is 17.2 Å². The molecule has 0 radical (unpaired) electrons. The number of rotatable bonds is 7. The van der Waals surface area contributed by atoms with E-state index in [0.29, 0.717) is 36.3 Å². The van der Waals surface area contributed by atoms with E-state index in [1.807, 2.05) is 12.1 Å². The van der Waals surface area contributed by atoms with Crippen molar-refractivity contribution >= 4 is 17.7 Å². The van der Waals surface area contributed by atoms with Gasteiger partial charge in [0.15, 0.2) is 22.5 Å². The van der Waals surface area contributed by atoms with Crippen LogP contribution in [-0.4, -0.2) is 53.9 Å². The van der Waals surface area contributed by atoms with Crippen LogP contribution in [0, 0.1) is 0 Å². The minimum atomic E-state index is -0.232. The summed E-state index contributed by atoms with van der Waals surface area (Å²) in [6, 6.07) is 4.08. The lowest BCUT2D eigenvalue weighted by Crippen LogP contribution is -2.17. The zero-order valence-electron chi connectivity index (χ0n) is 17.6. The zero-order chi connectivity index (χ0) is 21.1. The highest BCUT2D eigenvalue weighted by Crippen LogP contribution is 2.43. The fourth-order valence-corrected chi connectivity index (χ4v) is 5.21. The molecule has 1 saturated carbocycles. The molecule has 30 heavy (non-hydrogen) atoms. The lowest BCUT2D eigenvalue weighted by atomic mass is 9.95. The molecule has 0 spiro atoms. The van der Waals surface area contributed by atoms with Crippen LogP contribution in [0.1, 0.15) is 44.6 Å². The predicted molar refractivity (Wildman–Crippen MR) is 112 cm³/mol. The Morgan fingerprint density at radius 2 is 1.70 bits per heavy atom. The van der Waals surface area contributed by atoms with Crippen LogP contribution >= 0.6 is 11.8 Å². The average Bonchev–Trinajstić information content (AvgIpc) is 3.39. The van der Waals surface area contributed by atoms with Crippen LogP contribution in [0.25, 0.3) is 11.4 Å². The van der Waals surface area contributed by atoms with E-state index in [2.05, 4.69) is 14.8 Å². The normalized spacial score (nSPS) is 19.6. The maximum Gasteiger partial charge on any atom is 0.319 e. The number of cyclic esters (lactones) is 1. The first kappa shape index (κ1) is 20.8. The van der Waals surface area contributed by atoms with Gasteiger partial charge in [-0.3, -0.25) is 9.36 Å². The molecule has 0 N–H and O–H groups in total. The summed E-state index contributed by atoms with van der Waals surface area (Å²) in [6.07, 6.45) is 6.42. The first-order valence-electron chi connectivity index (χ1n) is 10.2. The van der Waals surface area contributed by atoms with Crippen LogP contribution < -0.4 is 14.2 Å². The minimum absolute atomic E-state index is 0.174. The Bertz CT molecular complexity index is 885. The van der Waals surface area contributed by atoms with Crippen molar-refractivity contribution in [2.24, 2.45) is 0 Å². The van der Waals surface area contributed by atoms with Crippen molar-refractivity contribution in [1.82, 2.24) is 14.8 Å². The molecule has 2 heterocycles. The van der Waals surface area contributed by atoms with Gasteiger partial charge in [0.1, 0.15) is 5.25 Å². The second-order valence-electron chi connectivity index (χ2n) is 7.44. The van der Waals surface area contributed by atoms with Gasteiger partial charge in [-0.05, 0) is 25.0 Å². The highest BCUT2D eigenvalue weighted by molar-refractivity contribution is 8.00. The molecule has 0 bridgehead atoms. The Morgan fingerprint density at radius 1 is 1.00 bits per heavy atom. The summed E-state index contributed by atoms with van der Waals surface area (Å²) in [4.78, 5) is 12.0. The standard InChI is InChI=1S/C21H27N3O5S/c1-26-15-11-13(12-16(27-2)18(15)28-3)19-22-23-21(30-17-9-10-29-20(17)25)24(19)14-7-5-4-6-8-14/h11-12,14,17H,4-10H2,1-3H3/t17-/m0/s1. The summed E-state index contributed by atoms with van der Waals surface area (Å²) in [5.74, 6) is 2.25. The van der Waals surface area contributed by atoms with E-state index < -0.39 is 0 Å². The molecule has 0 unspecified atom stereocenters. The van der Waals surface area contributed by atoms with Crippen molar-refractivity contribution in [2.45, 2.75) is 55.0 Å². The third-order valence-corrected chi connectivity index (χ3v) is 6.86. The Balaban J connectivity index is 1.78. The Kier molecular flexibility index (Phi) is 6.36. The monoisotopic (exact) mass is 433 g/mol. The molecule has 1 aliphatic carbocycles. The molecule has 1 saturated heterocycles. The molecule has 4 rings (SSSR count). The summed E-state index contributed by atoms with van der Waals surface area (Å²) >= 11 is 1.45. The number of thioether (sulfide) groups is 1. The maximum absolute atomic E-state index is 12.0. The first-order chi connectivity index (χ1) is 14.7. The van der Waals surface area contributed by atoms with Crippen LogP contribution in [0.3, 0.4) is 0 Å². The number of nitrogens with zero attached hydrogens (tertiary/aromatic N) is 3. The van der Waals surface area contributed by atoms with Crippen molar-refractivity contribution < 1.29 is 23.7 Å². The maximum atomic E-state index is 12.0. The number of aromatic nitrogens is 3. The van der Waals surface area contributed by atoms with E-state index in [4.69, 9.17) is 18.9 Å². The fourth-order valence-electron chi connectivity index (χ4n) is 4.14. The van der Waals surface area contributed by atoms with E-state index in [-0.39, 0.29) is 11.2 Å². The molecule has 9 heteroatoms. The number of carbonyl (C=O) groups is 1. The van der Waals surface area contributed by atoms with Gasteiger partial charge in [0.25, 0.3) is 0 Å². The largest absolute Gasteiger partial charge is 0.493 e. The Morgan fingerprint density at radius 3 is 2.27 bits per heavy atom. The summed E-state index contributed by atoms with van der Waals surface area (Å²) in [6.45, 7) is 0.466. The van der Waals surface area contributed by atoms with E-state index in [1.165, 1.54) is 31.0 Å². The lowest BCUT2D eigenvalue weighted by Gasteiger charge is -2.26. The second-order valence-corrected chi connectivity index (χ2v) is 8.61. The molecule has 162 valence electrons. The number of hydrogen-bond acceptors (Lipinski definition) is 8. The lowest BCUT2D eigenvalue weighted by molar-refractivity contribution is -0.137. The number of esters is 1. The van der Waals surface area contributed by atoms with Gasteiger partial charge in [0.05, 0.1) is 27.9 Å². The molecule has 1 aromatic carbocycles. The van der Waals surface area contributed by atoms with E-state index in [1.54, 1.807) is 21.3 Å². The van der Waals surface area contributed by atoms with Gasteiger partial charge in [-0.15, -0.1) is 10.2 Å². The summed E-state index contributed by atoms with van der Waals surface area (Å²) in [7, 11) is 4.78. The van der Waals surface area contributed by atoms with Crippen molar-refractivity contribution in [3.8, 4) is 28.6 Å². The number of benzene rings is 1. The molecule has 0 amide bonds. The van der Waals surface area contributed by atoms with Gasteiger partial charge in [0, 0.05) is 18.0 Å². The summed E-state index contributed by atoms with van der Waals surface area (Å²) in [5.41, 5.74) is 0.837. The molecule has 2 aromatic rings. The quantitative estimate of drug-likeness (QED) is 0.608. The number of methoxy groups -OCH3 is 3. The van der Waals surface area contributed by atoms with Crippen molar-refractivity contribution in [1.29, 1.82) is 0 Å². The summed E-state index contributed by atoms with van der Waals surface area (Å²) in [5, 5.41) is 9.52. The molecule has 1 aromatic heterocycles. The molecule has 2 fully saturated rings. The van der Waals surface area contributed by atoms with Gasteiger partial charge in [0.2, 0.25) is 5.75 Å². The van der Waals surface area contributed by atoms with E-state index >= 15 is 0 Å². The predicted octanol–water partition coefficient (Wildman–Crippen LogP) is 3.88. The van der Waals surface area contributed by atoms with Gasteiger partial charge in [-0.25, -0.2) is 0 Å². The van der Waals surface area contributed by atoms with Gasteiger partial charge < -0.3 is 18.9 Å². The zero-order valence-corrected chi connectivity index (χ0v) is 18.4. The Labute approximate surface area is 180 Å². The molecule has 1 atom stereocenters. The molecular weight excluding hydrogens is 406 g/mol. The highest BCUT2D eigenvalue weighted by Gasteiger charge is 2.32. The van der Waals surface area contributed by atoms with E-state index in [9.17, 15) is 4.79 Å². The molecular formula is C21H27N3O5S. The summed E-state index contributed by atoms with van der Waals surface area (Å²) < 4.78 is 23.8. The third kappa shape index (κ3) is 3.95. The van der Waals surface area contributed by atoms with Crippen LogP contribution in [0.4, 0.5) is 0 Å². The fraction of sp³-hybridized carbons (Fsp3) is 0.571. The SMILES string of the molecule is COc1cc(-c2nnc(S[C@H]3CCOC3=O)n2C2CCCCC2)cc(OC)c1OC. The topological polar surface area (TPSA) is 84.7 Å². The third-order valence-electron chi connectivity index (χ3n) is 5.66. The number of carbonyl (C=O) groups excluding carboxylic acids is 1. The van der Waals surface area contributed by atoms with Crippen molar-refractivity contribution in [3.63, 3.8) is 0 Å². The van der Waals surface area contributed by atoms with E-state index in [0.717, 1.165) is 29.4 Å². The number of hydrogen-bond donors (Lipinski definition) is 0. The number of ether oxygens (including phenoxy) is 4. The molecule has 2 aliphatic rings. The van der Waals surface area contributed by atoms with Crippen LogP contribution in [-0.2, 0) is 9.53 Å². The second kappa shape index (κ2) is 9.16. The van der Waals surface area contributed by atoms with Crippen LogP contribution in [0.2, 0.25) is 0 Å². The molecule has 8 nitrogen and oxygen atoms in total. The van der Waals surface area contributed by atoms with Crippen LogP contribution in [0.15, 0.2) is 17.3 Å². The molecule has 1 aliphatic heterocycles. The average molecular weight is 434 g/mol. The highest BCUT2D eigenvalue weighted by atomic mass is 32.2. The van der Waals surface area contributed by atoms with Crippen molar-refractivity contribution in [2.75, 3.05) is 27.9 Å². The van der Waals surface area contributed by atoms with Gasteiger partial charge in [-0.1, -0.05) is 31.0 Å². The smallest absolute Gasteiger partial charge is 0.319 e. The minimum Gasteiger partial charge on any atom is -0.493 e. The van der Waals surface area contributed by atoms with Gasteiger partial charge >= 0.3 is 5.97 Å².